The van der Waals surface area contributed by atoms with Crippen LogP contribution in [0.25, 0.3) is 0 Å². The summed E-state index contributed by atoms with van der Waals surface area (Å²) in [6, 6.07) is 1.77. The van der Waals surface area contributed by atoms with Gasteiger partial charge in [0.15, 0.2) is 0 Å². The second kappa shape index (κ2) is 9.78. The molecule has 19 heavy (non-hydrogen) atoms. The minimum Gasteiger partial charge on any atom is -0.398 e. The number of nitrogens with zero attached hydrogens (tertiary/aromatic N) is 1. The van der Waals surface area contributed by atoms with Gasteiger partial charge in [-0.15, -0.1) is 0 Å². The first-order valence-corrected chi connectivity index (χ1v) is 5.83. The lowest BCUT2D eigenvalue weighted by Crippen LogP contribution is -2.15. The molecule has 0 spiro atoms. The average molecular weight is 261 g/mol. The quantitative estimate of drug-likeness (QED) is 0.324. The van der Waals surface area contributed by atoms with Crippen molar-refractivity contribution in [1.82, 2.24) is 0 Å². The molecule has 0 amide bonds. The number of rotatable bonds is 6. The van der Waals surface area contributed by atoms with E-state index in [1.807, 2.05) is 13.8 Å². The van der Waals surface area contributed by atoms with Crippen molar-refractivity contribution in [2.45, 2.75) is 20.1 Å². The van der Waals surface area contributed by atoms with Crippen molar-refractivity contribution in [3.63, 3.8) is 0 Å². The molecule has 0 bridgehead atoms. The van der Waals surface area contributed by atoms with E-state index in [0.29, 0.717) is 18.8 Å². The number of allylic oxidation sites excluding steroid dienone is 4. The van der Waals surface area contributed by atoms with Gasteiger partial charge in [-0.05, 0) is 25.8 Å². The molecule has 0 saturated heterocycles. The molecule has 0 aliphatic rings. The van der Waals surface area contributed by atoms with Crippen LogP contribution in [0.2, 0.25) is 0 Å². The zero-order valence-corrected chi connectivity index (χ0v) is 11.3. The van der Waals surface area contributed by atoms with Crippen LogP contribution in [0.1, 0.15) is 13.8 Å². The van der Waals surface area contributed by atoms with E-state index in [0.717, 1.165) is 0 Å². The van der Waals surface area contributed by atoms with Gasteiger partial charge in [-0.1, -0.05) is 18.6 Å². The van der Waals surface area contributed by atoms with Gasteiger partial charge in [0.05, 0.1) is 5.70 Å². The maximum atomic E-state index is 8.57. The zero-order chi connectivity index (χ0) is 14.7. The number of nitriles is 1. The predicted molar refractivity (Wildman–Crippen MR) is 74.1 cm³/mol. The Hall–Kier alpha value is -2.21. The van der Waals surface area contributed by atoms with E-state index >= 15 is 0 Å². The van der Waals surface area contributed by atoms with Crippen molar-refractivity contribution in [3.8, 4) is 17.9 Å². The lowest BCUT2D eigenvalue weighted by Gasteiger charge is -2.09. The largest absolute Gasteiger partial charge is 0.398 e. The highest BCUT2D eigenvalue weighted by molar-refractivity contribution is 5.46. The summed E-state index contributed by atoms with van der Waals surface area (Å²) in [6.45, 7) is 8.29. The molecule has 0 unspecified atom stereocenters. The van der Waals surface area contributed by atoms with Crippen LogP contribution in [-0.4, -0.2) is 19.5 Å². The summed E-state index contributed by atoms with van der Waals surface area (Å²) in [4.78, 5) is 0. The maximum absolute atomic E-state index is 8.57. The third kappa shape index (κ3) is 6.95. The molecular weight excluding hydrogens is 242 g/mol. The fourth-order valence-corrected chi connectivity index (χ4v) is 1.09. The molecule has 0 aromatic heterocycles. The van der Waals surface area contributed by atoms with Gasteiger partial charge in [-0.25, -0.2) is 0 Å². The molecule has 0 radical (unpaired) electrons. The molecule has 0 fully saturated rings. The second-order valence-electron chi connectivity index (χ2n) is 3.30. The summed E-state index contributed by atoms with van der Waals surface area (Å²) in [6.07, 6.45) is 2.20. The van der Waals surface area contributed by atoms with E-state index in [2.05, 4.69) is 18.4 Å². The molecule has 0 aliphatic carbocycles. The maximum Gasteiger partial charge on any atom is 0.222 e. The third-order valence-corrected chi connectivity index (χ3v) is 1.92. The molecule has 5 heteroatoms. The van der Waals surface area contributed by atoms with Gasteiger partial charge in [0, 0.05) is 18.8 Å². The van der Waals surface area contributed by atoms with Crippen LogP contribution in [0.15, 0.2) is 35.7 Å². The van der Waals surface area contributed by atoms with Gasteiger partial charge in [-0.3, -0.25) is 0 Å². The van der Waals surface area contributed by atoms with Crippen LogP contribution >= 0.6 is 0 Å². The minimum atomic E-state index is -0.616. The van der Waals surface area contributed by atoms with Gasteiger partial charge in [0.1, 0.15) is 11.8 Å². The first-order valence-electron chi connectivity index (χ1n) is 5.83. The minimum absolute atomic E-state index is 0.00446. The van der Waals surface area contributed by atoms with Crippen LogP contribution in [0.5, 0.6) is 0 Å². The van der Waals surface area contributed by atoms with E-state index in [-0.39, 0.29) is 11.4 Å². The van der Waals surface area contributed by atoms with Crippen molar-refractivity contribution >= 4 is 0 Å². The van der Waals surface area contributed by atoms with Gasteiger partial charge in [0.2, 0.25) is 6.29 Å². The van der Waals surface area contributed by atoms with Gasteiger partial charge < -0.3 is 20.9 Å². The molecular formula is C14H19N3O2. The van der Waals surface area contributed by atoms with Crippen molar-refractivity contribution < 1.29 is 9.47 Å². The Morgan fingerprint density at radius 2 is 1.89 bits per heavy atom. The lowest BCUT2D eigenvalue weighted by atomic mass is 10.2. The molecule has 5 nitrogen and oxygen atoms in total. The van der Waals surface area contributed by atoms with Gasteiger partial charge in [0.25, 0.3) is 0 Å². The Bertz CT molecular complexity index is 455. The van der Waals surface area contributed by atoms with E-state index in [1.54, 1.807) is 6.07 Å². The number of ether oxygens (including phenoxy) is 2. The summed E-state index contributed by atoms with van der Waals surface area (Å²) in [7, 11) is 0. The molecule has 0 aromatic carbocycles. The highest BCUT2D eigenvalue weighted by Gasteiger charge is 2.02. The number of nitrogens with two attached hydrogens (primary N) is 2. The molecule has 102 valence electrons. The molecule has 0 rings (SSSR count). The summed E-state index contributed by atoms with van der Waals surface area (Å²) >= 11 is 0. The predicted octanol–water partition coefficient (Wildman–Crippen LogP) is 1.15. The summed E-state index contributed by atoms with van der Waals surface area (Å²) in [5.41, 5.74) is 11.9. The van der Waals surface area contributed by atoms with Crippen molar-refractivity contribution in [2.75, 3.05) is 13.2 Å². The standard InChI is InChI=1S/C14H19N3O2/c1-4-11(13(17)9-12(16)10-15)7-8-14(18-5-2)19-6-3/h4,9,14H,1,5-6,16-17H2,2-3H3/b12-9-,13-11-. The highest BCUT2D eigenvalue weighted by atomic mass is 16.7. The van der Waals surface area contributed by atoms with Crippen molar-refractivity contribution in [3.05, 3.63) is 35.7 Å². The van der Waals surface area contributed by atoms with E-state index < -0.39 is 6.29 Å². The smallest absolute Gasteiger partial charge is 0.222 e. The zero-order valence-electron chi connectivity index (χ0n) is 11.3. The van der Waals surface area contributed by atoms with E-state index in [9.17, 15) is 0 Å². The van der Waals surface area contributed by atoms with Gasteiger partial charge >= 0.3 is 0 Å². The molecule has 0 atom stereocenters. The molecule has 4 N–H and O–H groups in total. The molecule has 0 heterocycles. The molecule has 0 saturated carbocycles. The Balaban J connectivity index is 5.14. The van der Waals surface area contributed by atoms with Crippen LogP contribution in [0, 0.1) is 23.2 Å². The summed E-state index contributed by atoms with van der Waals surface area (Å²) in [5, 5.41) is 8.57. The Morgan fingerprint density at radius 3 is 2.32 bits per heavy atom. The first kappa shape index (κ1) is 16.8. The average Bonchev–Trinajstić information content (AvgIpc) is 2.39. The van der Waals surface area contributed by atoms with Crippen LogP contribution in [0.3, 0.4) is 0 Å². The summed E-state index contributed by atoms with van der Waals surface area (Å²) < 4.78 is 10.5. The molecule has 0 aromatic rings. The Kier molecular flexibility index (Phi) is 8.64. The normalized spacial score (nSPS) is 12.2. The monoisotopic (exact) mass is 261 g/mol. The second-order valence-corrected chi connectivity index (χ2v) is 3.30. The number of hydrogen-bond donors (Lipinski definition) is 2. The Labute approximate surface area is 114 Å². The van der Waals surface area contributed by atoms with E-state index in [1.165, 1.54) is 12.2 Å². The Morgan fingerprint density at radius 1 is 1.32 bits per heavy atom. The van der Waals surface area contributed by atoms with Crippen molar-refractivity contribution in [1.29, 1.82) is 5.26 Å². The van der Waals surface area contributed by atoms with Crippen LogP contribution in [0.4, 0.5) is 0 Å². The van der Waals surface area contributed by atoms with Crippen LogP contribution < -0.4 is 11.5 Å². The lowest BCUT2D eigenvalue weighted by molar-refractivity contribution is -0.0969. The van der Waals surface area contributed by atoms with Crippen LogP contribution in [-0.2, 0) is 9.47 Å². The fourth-order valence-electron chi connectivity index (χ4n) is 1.09. The third-order valence-electron chi connectivity index (χ3n) is 1.92. The fraction of sp³-hybridized carbons (Fsp3) is 0.357. The first-order chi connectivity index (χ1) is 9.08. The van der Waals surface area contributed by atoms with Crippen molar-refractivity contribution in [2.24, 2.45) is 11.5 Å². The topological polar surface area (TPSA) is 94.3 Å². The number of hydrogen-bond acceptors (Lipinski definition) is 5. The van der Waals surface area contributed by atoms with E-state index in [4.69, 9.17) is 26.2 Å². The van der Waals surface area contributed by atoms with Gasteiger partial charge in [-0.2, -0.15) is 5.26 Å². The summed E-state index contributed by atoms with van der Waals surface area (Å²) in [5.74, 6) is 5.58. The molecule has 0 aliphatic heterocycles. The SMILES string of the molecule is C=C/C(C#CC(OCC)OCC)=C(N)\C=C(/N)C#N. The highest BCUT2D eigenvalue weighted by Crippen LogP contribution is 2.03.